The van der Waals surface area contributed by atoms with E-state index in [2.05, 4.69) is 41.8 Å². The number of nitriles is 1. The van der Waals surface area contributed by atoms with Crippen molar-refractivity contribution in [2.75, 3.05) is 43.4 Å². The largest absolute Gasteiger partial charge is 0.383 e. The van der Waals surface area contributed by atoms with E-state index in [1.54, 1.807) is 0 Å². The molecular weight excluding hydrogens is 480 g/mol. The van der Waals surface area contributed by atoms with Crippen LogP contribution >= 0.6 is 15.9 Å². The van der Waals surface area contributed by atoms with Gasteiger partial charge in [-0.05, 0) is 41.5 Å². The molecule has 0 saturated carbocycles. The van der Waals surface area contributed by atoms with Crippen LogP contribution in [0.4, 0.5) is 11.6 Å². The van der Waals surface area contributed by atoms with Crippen LogP contribution in [0.2, 0.25) is 0 Å². The van der Waals surface area contributed by atoms with Gasteiger partial charge >= 0.3 is 0 Å². The first-order valence-corrected chi connectivity index (χ1v) is 11.4. The van der Waals surface area contributed by atoms with Crippen molar-refractivity contribution >= 4 is 38.6 Å². The molecule has 1 aliphatic heterocycles. The van der Waals surface area contributed by atoms with E-state index in [0.29, 0.717) is 18.0 Å². The summed E-state index contributed by atoms with van der Waals surface area (Å²) < 4.78 is 0.975. The number of anilines is 2. The molecule has 164 valence electrons. The molecule has 3 aromatic heterocycles. The van der Waals surface area contributed by atoms with Gasteiger partial charge in [-0.1, -0.05) is 28.1 Å². The summed E-state index contributed by atoms with van der Waals surface area (Å²) in [4.78, 5) is 22.4. The van der Waals surface area contributed by atoms with Crippen molar-refractivity contribution in [1.82, 2.24) is 24.8 Å². The van der Waals surface area contributed by atoms with E-state index in [1.165, 1.54) is 6.33 Å². The fourth-order valence-electron chi connectivity index (χ4n) is 4.08. The number of hydrogen-bond acceptors (Lipinski definition) is 8. The van der Waals surface area contributed by atoms with Gasteiger partial charge in [0, 0.05) is 42.4 Å². The van der Waals surface area contributed by atoms with Gasteiger partial charge < -0.3 is 10.6 Å². The van der Waals surface area contributed by atoms with Crippen molar-refractivity contribution in [3.63, 3.8) is 0 Å². The summed E-state index contributed by atoms with van der Waals surface area (Å²) in [7, 11) is 0. The molecule has 8 nitrogen and oxygen atoms in total. The van der Waals surface area contributed by atoms with Crippen molar-refractivity contribution in [3.05, 3.63) is 59.5 Å². The Hall–Kier alpha value is -3.61. The molecule has 9 heteroatoms. The first-order valence-electron chi connectivity index (χ1n) is 10.6. The van der Waals surface area contributed by atoms with E-state index < -0.39 is 0 Å². The van der Waals surface area contributed by atoms with Gasteiger partial charge in [0.15, 0.2) is 5.65 Å². The number of rotatable bonds is 4. The highest BCUT2D eigenvalue weighted by molar-refractivity contribution is 9.10. The van der Waals surface area contributed by atoms with E-state index in [1.807, 2.05) is 48.7 Å². The second kappa shape index (κ2) is 9.10. The maximum absolute atomic E-state index is 8.89. The second-order valence-electron chi connectivity index (χ2n) is 7.85. The first kappa shape index (κ1) is 21.2. The van der Waals surface area contributed by atoms with E-state index >= 15 is 0 Å². The van der Waals surface area contributed by atoms with Crippen LogP contribution < -0.4 is 10.6 Å². The number of nitrogens with zero attached hydrogens (tertiary/aromatic N) is 7. The minimum Gasteiger partial charge on any atom is -0.383 e. The normalized spacial score (nSPS) is 14.4. The maximum Gasteiger partial charge on any atom is 0.165 e. The molecule has 33 heavy (non-hydrogen) atoms. The maximum atomic E-state index is 8.89. The van der Waals surface area contributed by atoms with Gasteiger partial charge in [-0.2, -0.15) is 5.26 Å². The third-order valence-corrected chi connectivity index (χ3v) is 6.30. The third-order valence-electron chi connectivity index (χ3n) is 5.80. The predicted molar refractivity (Wildman–Crippen MR) is 132 cm³/mol. The minimum atomic E-state index is 0.401. The van der Waals surface area contributed by atoms with Gasteiger partial charge in [-0.25, -0.2) is 19.9 Å². The molecule has 1 fully saturated rings. The number of fused-ring (bicyclic) bond motifs is 1. The average Bonchev–Trinajstić information content (AvgIpc) is 2.84. The van der Waals surface area contributed by atoms with Gasteiger partial charge in [0.25, 0.3) is 0 Å². The Bertz CT molecular complexity index is 1340. The number of halogens is 1. The Morgan fingerprint density at radius 1 is 1.00 bits per heavy atom. The number of pyridine rings is 2. The molecular formula is C24H21BrN8. The highest BCUT2D eigenvalue weighted by Gasteiger charge is 2.18. The number of nitrogen functional groups attached to an aromatic ring is 1. The van der Waals surface area contributed by atoms with E-state index in [-0.39, 0.29) is 0 Å². The lowest BCUT2D eigenvalue weighted by Crippen LogP contribution is -2.46. The van der Waals surface area contributed by atoms with Crippen molar-refractivity contribution in [3.8, 4) is 28.5 Å². The molecule has 0 amide bonds. The summed E-state index contributed by atoms with van der Waals surface area (Å²) in [6, 6.07) is 16.3. The Balaban J connectivity index is 1.50. The van der Waals surface area contributed by atoms with Crippen molar-refractivity contribution in [2.45, 2.75) is 0 Å². The number of aromatic nitrogens is 4. The van der Waals surface area contributed by atoms with Crippen molar-refractivity contribution in [1.29, 1.82) is 5.26 Å². The molecule has 4 heterocycles. The standard InChI is InChI=1S/C24H21BrN8/c25-18-3-1-2-16(12-18)19-13-20(31-24-22(19)23(27)29-15-30-24)17-4-5-21(28-14-17)33-10-8-32(7-6-26)9-11-33/h1-5,12-15H,7-11H2,(H2,27,29,30,31). The van der Waals surface area contributed by atoms with Gasteiger partial charge in [-0.15, -0.1) is 0 Å². The molecule has 4 aromatic rings. The summed E-state index contributed by atoms with van der Waals surface area (Å²) in [5.41, 5.74) is 10.4. The minimum absolute atomic E-state index is 0.401. The first-order chi connectivity index (χ1) is 16.1. The fourth-order valence-corrected chi connectivity index (χ4v) is 4.48. The van der Waals surface area contributed by atoms with Crippen LogP contribution in [0.5, 0.6) is 0 Å². The van der Waals surface area contributed by atoms with Crippen LogP contribution in [0.15, 0.2) is 59.5 Å². The summed E-state index contributed by atoms with van der Waals surface area (Å²) in [6.07, 6.45) is 3.28. The van der Waals surface area contributed by atoms with Crippen LogP contribution in [0.3, 0.4) is 0 Å². The highest BCUT2D eigenvalue weighted by Crippen LogP contribution is 2.34. The molecule has 1 saturated heterocycles. The van der Waals surface area contributed by atoms with Crippen molar-refractivity contribution in [2.24, 2.45) is 0 Å². The van der Waals surface area contributed by atoms with Gasteiger partial charge in [0.1, 0.15) is 18.0 Å². The van der Waals surface area contributed by atoms with E-state index in [4.69, 9.17) is 21.0 Å². The van der Waals surface area contributed by atoms with Crippen LogP contribution in [-0.4, -0.2) is 57.6 Å². The zero-order valence-electron chi connectivity index (χ0n) is 17.8. The SMILES string of the molecule is N#CCN1CCN(c2ccc(-c3cc(-c4cccc(Br)c4)c4c(N)ncnc4n3)cn2)CC1. The quantitative estimate of drug-likeness (QED) is 0.422. The van der Waals surface area contributed by atoms with Crippen LogP contribution in [0, 0.1) is 11.3 Å². The molecule has 1 aliphatic rings. The Kier molecular flexibility index (Phi) is 5.86. The number of piperazine rings is 1. The monoisotopic (exact) mass is 500 g/mol. The number of nitrogens with two attached hydrogens (primary N) is 1. The van der Waals surface area contributed by atoms with Crippen LogP contribution in [0.1, 0.15) is 0 Å². The molecule has 2 N–H and O–H groups in total. The Labute approximate surface area is 199 Å². The molecule has 0 radical (unpaired) electrons. The predicted octanol–water partition coefficient (Wildman–Crippen LogP) is 3.74. The van der Waals surface area contributed by atoms with Crippen molar-refractivity contribution < 1.29 is 0 Å². The summed E-state index contributed by atoms with van der Waals surface area (Å²) >= 11 is 3.55. The zero-order valence-corrected chi connectivity index (χ0v) is 19.4. The van der Waals surface area contributed by atoms with Gasteiger partial charge in [0.05, 0.1) is 23.7 Å². The Morgan fingerprint density at radius 3 is 2.58 bits per heavy atom. The molecule has 0 aliphatic carbocycles. The zero-order chi connectivity index (χ0) is 22.8. The summed E-state index contributed by atoms with van der Waals surface area (Å²) in [5, 5.41) is 9.62. The topological polar surface area (TPSA) is 108 Å². The lowest BCUT2D eigenvalue weighted by Gasteiger charge is -2.34. The number of benzene rings is 1. The lowest BCUT2D eigenvalue weighted by atomic mass is 10.0. The van der Waals surface area contributed by atoms with Crippen LogP contribution in [-0.2, 0) is 0 Å². The summed E-state index contributed by atoms with van der Waals surface area (Å²) in [5.74, 6) is 1.33. The second-order valence-corrected chi connectivity index (χ2v) is 8.76. The van der Waals surface area contributed by atoms with Gasteiger partial charge in [-0.3, -0.25) is 4.90 Å². The third kappa shape index (κ3) is 4.35. The van der Waals surface area contributed by atoms with Gasteiger partial charge in [0.2, 0.25) is 0 Å². The van der Waals surface area contributed by atoms with E-state index in [9.17, 15) is 0 Å². The van der Waals surface area contributed by atoms with E-state index in [0.717, 1.165) is 64.2 Å². The molecule has 0 atom stereocenters. The highest BCUT2D eigenvalue weighted by atomic mass is 79.9. The molecule has 0 bridgehead atoms. The smallest absolute Gasteiger partial charge is 0.165 e. The lowest BCUT2D eigenvalue weighted by molar-refractivity contribution is 0.286. The Morgan fingerprint density at radius 2 is 1.85 bits per heavy atom. The molecule has 5 rings (SSSR count). The summed E-state index contributed by atoms with van der Waals surface area (Å²) in [6.45, 7) is 3.90. The molecule has 0 spiro atoms. The average molecular weight is 501 g/mol. The molecule has 1 aromatic carbocycles. The fraction of sp³-hybridized carbons (Fsp3) is 0.208. The van der Waals surface area contributed by atoms with Crippen LogP contribution in [0.25, 0.3) is 33.4 Å². The number of hydrogen-bond donors (Lipinski definition) is 1. The molecule has 0 unspecified atom stereocenters.